The Hall–Kier alpha value is -1.83. The van der Waals surface area contributed by atoms with E-state index in [9.17, 15) is 14.3 Å². The summed E-state index contributed by atoms with van der Waals surface area (Å²) in [5.41, 5.74) is 1.91. The van der Waals surface area contributed by atoms with Crippen LogP contribution in [0, 0.1) is 5.82 Å². The topological polar surface area (TPSA) is 53.0 Å². The van der Waals surface area contributed by atoms with E-state index in [1.165, 1.54) is 23.9 Å². The summed E-state index contributed by atoms with van der Waals surface area (Å²) < 4.78 is 19.7. The van der Waals surface area contributed by atoms with Crippen molar-refractivity contribution in [3.8, 4) is 0 Å². The number of halogens is 1. The highest BCUT2D eigenvalue weighted by Crippen LogP contribution is 2.37. The molecule has 0 amide bonds. The Morgan fingerprint density at radius 1 is 1.31 bits per heavy atom. The van der Waals surface area contributed by atoms with Crippen molar-refractivity contribution in [3.63, 3.8) is 0 Å². The van der Waals surface area contributed by atoms with Crippen molar-refractivity contribution in [1.29, 1.82) is 0 Å². The van der Waals surface area contributed by atoms with E-state index in [2.05, 4.69) is 23.6 Å². The lowest BCUT2D eigenvalue weighted by atomic mass is 10.0. The molecule has 0 bridgehead atoms. The molecule has 3 atom stereocenters. The molecule has 0 spiro atoms. The van der Waals surface area contributed by atoms with E-state index in [1.54, 1.807) is 6.07 Å². The third-order valence-corrected chi connectivity index (χ3v) is 6.15. The van der Waals surface area contributed by atoms with Crippen LogP contribution in [0.3, 0.4) is 0 Å². The number of hydrogen-bond donors (Lipinski definition) is 1. The van der Waals surface area contributed by atoms with Gasteiger partial charge in [0.25, 0.3) is 0 Å². The number of hydrogen-bond acceptors (Lipinski definition) is 5. The Balaban J connectivity index is 2.04. The van der Waals surface area contributed by atoms with Crippen LogP contribution in [0.1, 0.15) is 33.3 Å². The lowest BCUT2D eigenvalue weighted by Crippen LogP contribution is -2.55. The summed E-state index contributed by atoms with van der Waals surface area (Å²) in [5.74, 6) is -0.466. The minimum absolute atomic E-state index is 0.0932. The summed E-state index contributed by atoms with van der Waals surface area (Å²) in [6.07, 6.45) is 2.10. The minimum Gasteiger partial charge on any atom is -0.478 e. The van der Waals surface area contributed by atoms with Gasteiger partial charge in [-0.1, -0.05) is 19.1 Å². The molecule has 1 aromatic carbocycles. The lowest BCUT2D eigenvalue weighted by Gasteiger charge is -2.47. The predicted molar refractivity (Wildman–Crippen MR) is 114 cm³/mol. The summed E-state index contributed by atoms with van der Waals surface area (Å²) in [6.45, 7) is 9.93. The quantitative estimate of drug-likeness (QED) is 0.749. The first-order valence-electron chi connectivity index (χ1n) is 9.99. The average Bonchev–Trinajstić information content (AvgIpc) is 2.62. The van der Waals surface area contributed by atoms with Crippen molar-refractivity contribution >= 4 is 17.7 Å². The van der Waals surface area contributed by atoms with Gasteiger partial charge in [0.05, 0.1) is 22.8 Å². The fourth-order valence-electron chi connectivity index (χ4n) is 4.11. The third-order valence-electron chi connectivity index (χ3n) is 5.15. The maximum absolute atomic E-state index is 13.8. The molecule has 1 fully saturated rings. The van der Waals surface area contributed by atoms with Gasteiger partial charge < -0.3 is 14.7 Å². The van der Waals surface area contributed by atoms with E-state index in [0.717, 1.165) is 35.0 Å². The highest BCUT2D eigenvalue weighted by molar-refractivity contribution is 8.03. The number of ether oxygens (including phenoxy) is 1. The van der Waals surface area contributed by atoms with E-state index >= 15 is 0 Å². The zero-order valence-electron chi connectivity index (χ0n) is 17.4. The van der Waals surface area contributed by atoms with Crippen molar-refractivity contribution in [2.75, 3.05) is 18.8 Å². The molecule has 29 heavy (non-hydrogen) atoms. The summed E-state index contributed by atoms with van der Waals surface area (Å²) in [4.78, 5) is 16.5. The Kier molecular flexibility index (Phi) is 7.03. The van der Waals surface area contributed by atoms with Gasteiger partial charge in [0.2, 0.25) is 0 Å². The molecule has 158 valence electrons. The van der Waals surface area contributed by atoms with Crippen LogP contribution in [0.5, 0.6) is 0 Å². The molecule has 5 nitrogen and oxygen atoms in total. The average molecular weight is 421 g/mol. The number of carbonyl (C=O) groups is 1. The summed E-state index contributed by atoms with van der Waals surface area (Å²) in [7, 11) is 0. The van der Waals surface area contributed by atoms with Crippen LogP contribution >= 0.6 is 11.8 Å². The largest absolute Gasteiger partial charge is 0.478 e. The van der Waals surface area contributed by atoms with Crippen molar-refractivity contribution in [3.05, 3.63) is 57.9 Å². The summed E-state index contributed by atoms with van der Waals surface area (Å²) >= 11 is 1.53. The molecular formula is C22H29FN2O3S. The lowest BCUT2D eigenvalue weighted by molar-refractivity contribution is -0.132. The van der Waals surface area contributed by atoms with Gasteiger partial charge in [-0.2, -0.15) is 0 Å². The van der Waals surface area contributed by atoms with Crippen LogP contribution in [-0.2, 0) is 16.1 Å². The van der Waals surface area contributed by atoms with Crippen molar-refractivity contribution < 1.29 is 19.0 Å². The molecule has 1 saturated heterocycles. The molecule has 2 aliphatic heterocycles. The van der Waals surface area contributed by atoms with E-state index in [1.807, 2.05) is 26.0 Å². The second-order valence-corrected chi connectivity index (χ2v) is 8.90. The van der Waals surface area contributed by atoms with Crippen molar-refractivity contribution in [2.24, 2.45) is 0 Å². The van der Waals surface area contributed by atoms with Crippen molar-refractivity contribution in [2.45, 2.75) is 52.6 Å². The monoisotopic (exact) mass is 420 g/mol. The molecule has 7 heteroatoms. The van der Waals surface area contributed by atoms with Gasteiger partial charge in [0.15, 0.2) is 0 Å². The molecule has 1 N–H and O–H groups in total. The van der Waals surface area contributed by atoms with Gasteiger partial charge in [0.1, 0.15) is 12.0 Å². The number of morpholine rings is 1. The van der Waals surface area contributed by atoms with Crippen LogP contribution < -0.4 is 0 Å². The molecule has 3 rings (SSSR count). The molecule has 0 aliphatic carbocycles. The number of thioether (sulfide) groups is 1. The minimum atomic E-state index is -0.930. The van der Waals surface area contributed by atoms with E-state index in [4.69, 9.17) is 4.74 Å². The Bertz CT molecular complexity index is 816. The molecule has 1 aromatic rings. The molecule has 3 unspecified atom stereocenters. The number of carboxylic acids is 1. The number of rotatable bonds is 6. The summed E-state index contributed by atoms with van der Waals surface area (Å²) in [5, 5.41) is 10.6. The number of aliphatic carboxylic acids is 1. The van der Waals surface area contributed by atoms with Crippen LogP contribution in [0.4, 0.5) is 4.39 Å². The fourth-order valence-corrected chi connectivity index (χ4v) is 5.12. The number of nitrogens with zero attached hydrogens (tertiary/aromatic N) is 2. The maximum Gasteiger partial charge on any atom is 0.338 e. The first kappa shape index (κ1) is 21.9. The van der Waals surface area contributed by atoms with E-state index in [0.29, 0.717) is 12.1 Å². The van der Waals surface area contributed by atoms with Gasteiger partial charge in [-0.15, -0.1) is 11.8 Å². The third kappa shape index (κ3) is 5.02. The maximum atomic E-state index is 13.8. The Morgan fingerprint density at radius 3 is 2.59 bits per heavy atom. The van der Waals surface area contributed by atoms with E-state index < -0.39 is 5.97 Å². The van der Waals surface area contributed by atoms with E-state index in [-0.39, 0.29) is 24.2 Å². The number of benzene rings is 1. The number of carboxylic acid groups (broad SMARTS) is 1. The first-order valence-corrected chi connectivity index (χ1v) is 11.0. The standard InChI is InChI=1S/C22H29FN2O3S/c1-5-29-21-20(22(26)27)14(2)9-19(24-11-15(3)28-16(4)12-24)25(21)13-17-7-6-8-18(23)10-17/h6-10,15-16,19H,5,11-13H2,1-4H3,(H,26,27). The summed E-state index contributed by atoms with van der Waals surface area (Å²) in [6, 6.07) is 6.51. The SMILES string of the molecule is CCSC1=C(C(=O)O)C(C)=CC(N2CC(C)OC(C)C2)N1Cc1cccc(F)c1. The zero-order valence-corrected chi connectivity index (χ0v) is 18.2. The highest BCUT2D eigenvalue weighted by atomic mass is 32.2. The van der Waals surface area contributed by atoms with Gasteiger partial charge in [-0.25, -0.2) is 9.18 Å². The molecule has 0 aromatic heterocycles. The zero-order chi connectivity index (χ0) is 21.1. The van der Waals surface area contributed by atoms with Crippen LogP contribution in [0.2, 0.25) is 0 Å². The second kappa shape index (κ2) is 9.32. The normalized spacial score (nSPS) is 25.9. The molecule has 2 aliphatic rings. The highest BCUT2D eigenvalue weighted by Gasteiger charge is 2.36. The predicted octanol–water partition coefficient (Wildman–Crippen LogP) is 4.07. The van der Waals surface area contributed by atoms with Gasteiger partial charge >= 0.3 is 5.97 Å². The van der Waals surface area contributed by atoms with Crippen LogP contribution in [0.25, 0.3) is 0 Å². The van der Waals surface area contributed by atoms with Gasteiger partial charge in [-0.05, 0) is 55.9 Å². The van der Waals surface area contributed by atoms with Gasteiger partial charge in [0, 0.05) is 19.6 Å². The molecule has 0 radical (unpaired) electrons. The van der Waals surface area contributed by atoms with Crippen LogP contribution in [0.15, 0.2) is 46.5 Å². The fraction of sp³-hybridized carbons (Fsp3) is 0.500. The smallest absolute Gasteiger partial charge is 0.338 e. The molecule has 2 heterocycles. The molecule has 0 saturated carbocycles. The first-order chi connectivity index (χ1) is 13.8. The Labute approximate surface area is 176 Å². The Morgan fingerprint density at radius 2 is 2.00 bits per heavy atom. The molecular weight excluding hydrogens is 391 g/mol. The van der Waals surface area contributed by atoms with Crippen molar-refractivity contribution in [1.82, 2.24) is 9.80 Å². The van der Waals surface area contributed by atoms with Gasteiger partial charge in [-0.3, -0.25) is 4.90 Å². The second-order valence-electron chi connectivity index (χ2n) is 7.65. The van der Waals surface area contributed by atoms with Crippen LogP contribution in [-0.4, -0.2) is 58.1 Å².